The lowest BCUT2D eigenvalue weighted by atomic mass is 9.94. The van der Waals surface area contributed by atoms with Crippen LogP contribution in [0.3, 0.4) is 0 Å². The summed E-state index contributed by atoms with van der Waals surface area (Å²) in [5.74, 6) is 0. The molecule has 0 bridgehead atoms. The molecule has 0 spiro atoms. The Morgan fingerprint density at radius 1 is 1.40 bits per heavy atom. The van der Waals surface area contributed by atoms with Gasteiger partial charge in [0.1, 0.15) is 0 Å². The van der Waals surface area contributed by atoms with Crippen LogP contribution >= 0.6 is 0 Å². The molecule has 1 aromatic heterocycles. The lowest BCUT2D eigenvalue weighted by Crippen LogP contribution is -2.32. The van der Waals surface area contributed by atoms with Crippen molar-refractivity contribution in [3.8, 4) is 0 Å². The van der Waals surface area contributed by atoms with Gasteiger partial charge in [0.05, 0.1) is 18.4 Å². The van der Waals surface area contributed by atoms with Crippen LogP contribution < -0.4 is 5.73 Å². The van der Waals surface area contributed by atoms with E-state index in [2.05, 4.69) is 4.98 Å². The first-order chi connectivity index (χ1) is 7.34. The van der Waals surface area contributed by atoms with E-state index < -0.39 is 0 Å². The number of nitrogens with zero attached hydrogens (tertiary/aromatic N) is 1. The lowest BCUT2D eigenvalue weighted by molar-refractivity contribution is 0.0107. The fourth-order valence-electron chi connectivity index (χ4n) is 2.02. The van der Waals surface area contributed by atoms with E-state index in [0.717, 1.165) is 25.0 Å². The van der Waals surface area contributed by atoms with Crippen LogP contribution in [0.1, 0.15) is 31.4 Å². The fraction of sp³-hybridized carbons (Fsp3) is 0.583. The quantitative estimate of drug-likeness (QED) is 0.821. The number of pyridine rings is 1. The third kappa shape index (κ3) is 3.29. The highest BCUT2D eigenvalue weighted by Gasteiger charge is 2.19. The molecule has 0 aromatic carbocycles. The highest BCUT2D eigenvalue weighted by molar-refractivity contribution is 5.02. The highest BCUT2D eigenvalue weighted by atomic mass is 16.5. The Morgan fingerprint density at radius 2 is 2.33 bits per heavy atom. The lowest BCUT2D eigenvalue weighted by Gasteiger charge is -2.26. The maximum absolute atomic E-state index is 5.90. The van der Waals surface area contributed by atoms with Crippen molar-refractivity contribution in [2.24, 2.45) is 5.73 Å². The summed E-state index contributed by atoms with van der Waals surface area (Å²) in [6.07, 6.45) is 6.59. The van der Waals surface area contributed by atoms with Crippen LogP contribution in [0, 0.1) is 0 Å². The average molecular weight is 206 g/mol. The molecule has 0 radical (unpaired) electrons. The Morgan fingerprint density at radius 3 is 3.07 bits per heavy atom. The van der Waals surface area contributed by atoms with Crippen molar-refractivity contribution in [1.82, 2.24) is 4.98 Å². The minimum Gasteiger partial charge on any atom is -0.372 e. The van der Waals surface area contributed by atoms with Crippen LogP contribution in [0.25, 0.3) is 0 Å². The molecule has 1 aliphatic carbocycles. The number of rotatable bonds is 3. The Balaban J connectivity index is 1.78. The largest absolute Gasteiger partial charge is 0.372 e. The Kier molecular flexibility index (Phi) is 3.69. The summed E-state index contributed by atoms with van der Waals surface area (Å²) in [6, 6.07) is 6.22. The monoisotopic (exact) mass is 206 g/mol. The third-order valence-corrected chi connectivity index (χ3v) is 2.86. The van der Waals surface area contributed by atoms with Crippen molar-refractivity contribution in [1.29, 1.82) is 0 Å². The first kappa shape index (κ1) is 10.6. The van der Waals surface area contributed by atoms with Crippen molar-refractivity contribution in [3.05, 3.63) is 30.1 Å². The zero-order chi connectivity index (χ0) is 10.5. The molecule has 1 aliphatic rings. The van der Waals surface area contributed by atoms with Gasteiger partial charge in [-0.1, -0.05) is 6.07 Å². The molecule has 82 valence electrons. The maximum Gasteiger partial charge on any atom is 0.0891 e. The Hall–Kier alpha value is -0.930. The number of hydrogen-bond acceptors (Lipinski definition) is 3. The van der Waals surface area contributed by atoms with Crippen molar-refractivity contribution in [3.63, 3.8) is 0 Å². The molecule has 3 heteroatoms. The van der Waals surface area contributed by atoms with E-state index >= 15 is 0 Å². The van der Waals surface area contributed by atoms with E-state index in [9.17, 15) is 0 Å². The molecule has 1 fully saturated rings. The van der Waals surface area contributed by atoms with Gasteiger partial charge >= 0.3 is 0 Å². The number of nitrogens with two attached hydrogens (primary N) is 1. The molecule has 1 saturated carbocycles. The minimum absolute atomic E-state index is 0.326. The Bertz CT molecular complexity index is 289. The zero-order valence-corrected chi connectivity index (χ0v) is 8.93. The van der Waals surface area contributed by atoms with Gasteiger partial charge in [0.25, 0.3) is 0 Å². The third-order valence-electron chi connectivity index (χ3n) is 2.86. The van der Waals surface area contributed by atoms with Crippen LogP contribution in [0.5, 0.6) is 0 Å². The first-order valence-electron chi connectivity index (χ1n) is 5.61. The molecular weight excluding hydrogens is 188 g/mol. The van der Waals surface area contributed by atoms with E-state index in [1.54, 1.807) is 6.20 Å². The van der Waals surface area contributed by atoms with Crippen LogP contribution in [0.4, 0.5) is 0 Å². The molecule has 0 saturated heterocycles. The summed E-state index contributed by atoms with van der Waals surface area (Å²) in [5.41, 5.74) is 6.90. The highest BCUT2D eigenvalue weighted by Crippen LogP contribution is 2.20. The first-order valence-corrected chi connectivity index (χ1v) is 5.61. The van der Waals surface area contributed by atoms with Crippen molar-refractivity contribution in [2.45, 2.75) is 44.4 Å². The van der Waals surface area contributed by atoms with E-state index in [-0.39, 0.29) is 0 Å². The smallest absolute Gasteiger partial charge is 0.0891 e. The Labute approximate surface area is 90.7 Å². The second kappa shape index (κ2) is 5.24. The zero-order valence-electron chi connectivity index (χ0n) is 8.93. The van der Waals surface area contributed by atoms with Gasteiger partial charge in [-0.2, -0.15) is 0 Å². The van der Waals surface area contributed by atoms with Crippen molar-refractivity contribution < 1.29 is 4.74 Å². The molecule has 2 rings (SSSR count). The van der Waals surface area contributed by atoms with Crippen molar-refractivity contribution >= 4 is 0 Å². The predicted molar refractivity (Wildman–Crippen MR) is 59.3 cm³/mol. The van der Waals surface area contributed by atoms with Crippen LogP contribution in [-0.4, -0.2) is 17.1 Å². The predicted octanol–water partition coefficient (Wildman–Crippen LogP) is 1.87. The number of ether oxygens (including phenoxy) is 1. The summed E-state index contributed by atoms with van der Waals surface area (Å²) in [6.45, 7) is 0.609. The summed E-state index contributed by atoms with van der Waals surface area (Å²) in [4.78, 5) is 4.23. The molecule has 3 nitrogen and oxygen atoms in total. The van der Waals surface area contributed by atoms with E-state index in [1.165, 1.54) is 6.42 Å². The van der Waals surface area contributed by atoms with Gasteiger partial charge in [-0.15, -0.1) is 0 Å². The van der Waals surface area contributed by atoms with Gasteiger partial charge in [0.2, 0.25) is 0 Å². The summed E-state index contributed by atoms with van der Waals surface area (Å²) < 4.78 is 5.80. The molecule has 2 unspecified atom stereocenters. The molecule has 15 heavy (non-hydrogen) atoms. The van der Waals surface area contributed by atoms with Crippen molar-refractivity contribution in [2.75, 3.05) is 0 Å². The van der Waals surface area contributed by atoms with Gasteiger partial charge < -0.3 is 10.5 Å². The van der Waals surface area contributed by atoms with E-state index in [4.69, 9.17) is 10.5 Å². The minimum atomic E-state index is 0.326. The van der Waals surface area contributed by atoms with E-state index in [0.29, 0.717) is 18.8 Å². The second-order valence-electron chi connectivity index (χ2n) is 4.18. The van der Waals surface area contributed by atoms with Gasteiger partial charge in [0.15, 0.2) is 0 Å². The maximum atomic E-state index is 5.90. The normalized spacial score (nSPS) is 26.5. The SMILES string of the molecule is NC1CCCC(OCc2ccccn2)C1. The molecule has 0 aliphatic heterocycles. The molecule has 2 atom stereocenters. The van der Waals surface area contributed by atoms with Gasteiger partial charge in [-0.3, -0.25) is 4.98 Å². The molecule has 1 aromatic rings. The second-order valence-corrected chi connectivity index (χ2v) is 4.18. The molecular formula is C12H18N2O. The van der Waals surface area contributed by atoms with Gasteiger partial charge in [0, 0.05) is 12.2 Å². The molecule has 0 amide bonds. The van der Waals surface area contributed by atoms with Gasteiger partial charge in [-0.05, 0) is 37.8 Å². The van der Waals surface area contributed by atoms with Crippen LogP contribution in [-0.2, 0) is 11.3 Å². The average Bonchev–Trinajstić information content (AvgIpc) is 2.28. The topological polar surface area (TPSA) is 48.1 Å². The number of aromatic nitrogens is 1. The summed E-state index contributed by atoms with van der Waals surface area (Å²) in [5, 5.41) is 0. The number of hydrogen-bond donors (Lipinski definition) is 1. The summed E-state index contributed by atoms with van der Waals surface area (Å²) in [7, 11) is 0. The van der Waals surface area contributed by atoms with Gasteiger partial charge in [-0.25, -0.2) is 0 Å². The van der Waals surface area contributed by atoms with Crippen LogP contribution in [0.15, 0.2) is 24.4 Å². The molecule has 1 heterocycles. The molecule has 2 N–H and O–H groups in total. The fourth-order valence-corrected chi connectivity index (χ4v) is 2.02. The van der Waals surface area contributed by atoms with Crippen LogP contribution in [0.2, 0.25) is 0 Å². The summed E-state index contributed by atoms with van der Waals surface area (Å²) >= 11 is 0. The standard InChI is InChI=1S/C12H18N2O/c13-10-4-3-6-12(8-10)15-9-11-5-1-2-7-14-11/h1-2,5,7,10,12H,3-4,6,8-9,13H2. The van der Waals surface area contributed by atoms with E-state index in [1.807, 2.05) is 18.2 Å².